The fraction of sp³-hybridized carbons (Fsp3) is 0.684. The molecule has 0 spiro atoms. The first-order valence-corrected chi connectivity index (χ1v) is 8.84. The van der Waals surface area contributed by atoms with Crippen LogP contribution in [0, 0.1) is 6.92 Å². The van der Waals surface area contributed by atoms with Crippen LogP contribution < -0.4 is 5.32 Å². The predicted octanol–water partition coefficient (Wildman–Crippen LogP) is 3.88. The molecule has 1 aliphatic heterocycles. The lowest BCUT2D eigenvalue weighted by molar-refractivity contribution is 0.169. The van der Waals surface area contributed by atoms with Crippen LogP contribution in [-0.4, -0.2) is 30.1 Å². The lowest BCUT2D eigenvalue weighted by Crippen LogP contribution is -2.49. The Hall–Kier alpha value is -0.860. The molecule has 21 heavy (non-hydrogen) atoms. The SMILES string of the molecule is Cc1ccccc1CN1CCCC(NC2CCCCC2)C1. The van der Waals surface area contributed by atoms with E-state index in [9.17, 15) is 0 Å². The van der Waals surface area contributed by atoms with Crippen LogP contribution in [0.1, 0.15) is 56.1 Å². The molecule has 1 N–H and O–H groups in total. The van der Waals surface area contributed by atoms with Crippen LogP contribution >= 0.6 is 0 Å². The van der Waals surface area contributed by atoms with E-state index < -0.39 is 0 Å². The Bertz CT molecular complexity index is 437. The maximum Gasteiger partial charge on any atom is 0.0237 e. The number of benzene rings is 1. The lowest BCUT2D eigenvalue weighted by Gasteiger charge is -2.36. The molecule has 2 heteroatoms. The number of rotatable bonds is 4. The highest BCUT2D eigenvalue weighted by molar-refractivity contribution is 5.25. The first-order chi connectivity index (χ1) is 10.3. The van der Waals surface area contributed by atoms with Gasteiger partial charge in [-0.2, -0.15) is 0 Å². The summed E-state index contributed by atoms with van der Waals surface area (Å²) >= 11 is 0. The summed E-state index contributed by atoms with van der Waals surface area (Å²) < 4.78 is 0. The van der Waals surface area contributed by atoms with Gasteiger partial charge in [-0.1, -0.05) is 43.5 Å². The second kappa shape index (κ2) is 7.42. The third kappa shape index (κ3) is 4.31. The van der Waals surface area contributed by atoms with Crippen molar-refractivity contribution in [2.75, 3.05) is 13.1 Å². The molecular formula is C19H30N2. The third-order valence-electron chi connectivity index (χ3n) is 5.24. The van der Waals surface area contributed by atoms with Crippen LogP contribution in [0.2, 0.25) is 0 Å². The van der Waals surface area contributed by atoms with Gasteiger partial charge in [-0.3, -0.25) is 4.90 Å². The van der Waals surface area contributed by atoms with Gasteiger partial charge in [-0.05, 0) is 50.3 Å². The molecule has 1 saturated heterocycles. The van der Waals surface area contributed by atoms with Gasteiger partial charge < -0.3 is 5.32 Å². The zero-order valence-corrected chi connectivity index (χ0v) is 13.5. The van der Waals surface area contributed by atoms with Crippen molar-refractivity contribution in [2.45, 2.75) is 70.5 Å². The first kappa shape index (κ1) is 15.1. The van der Waals surface area contributed by atoms with Gasteiger partial charge in [0.05, 0.1) is 0 Å². The van der Waals surface area contributed by atoms with Gasteiger partial charge in [0.2, 0.25) is 0 Å². The van der Waals surface area contributed by atoms with Gasteiger partial charge in [0.25, 0.3) is 0 Å². The van der Waals surface area contributed by atoms with E-state index in [1.54, 1.807) is 0 Å². The van der Waals surface area contributed by atoms with Crippen LogP contribution in [0.15, 0.2) is 24.3 Å². The second-order valence-electron chi connectivity index (χ2n) is 7.00. The van der Waals surface area contributed by atoms with Crippen molar-refractivity contribution in [3.05, 3.63) is 35.4 Å². The Morgan fingerprint density at radius 1 is 1.00 bits per heavy atom. The average molecular weight is 286 g/mol. The second-order valence-corrected chi connectivity index (χ2v) is 7.00. The summed E-state index contributed by atoms with van der Waals surface area (Å²) in [5.74, 6) is 0. The number of hydrogen-bond donors (Lipinski definition) is 1. The van der Waals surface area contributed by atoms with E-state index >= 15 is 0 Å². The molecule has 1 saturated carbocycles. The van der Waals surface area contributed by atoms with Crippen molar-refractivity contribution in [1.82, 2.24) is 10.2 Å². The summed E-state index contributed by atoms with van der Waals surface area (Å²) in [6.07, 6.45) is 9.80. The molecule has 0 bridgehead atoms. The van der Waals surface area contributed by atoms with Gasteiger partial charge in [0, 0.05) is 25.2 Å². The van der Waals surface area contributed by atoms with Gasteiger partial charge in [-0.25, -0.2) is 0 Å². The first-order valence-electron chi connectivity index (χ1n) is 8.84. The van der Waals surface area contributed by atoms with Crippen LogP contribution in [0.5, 0.6) is 0 Å². The van der Waals surface area contributed by atoms with Crippen LogP contribution in [-0.2, 0) is 6.54 Å². The largest absolute Gasteiger partial charge is 0.310 e. The molecule has 2 nitrogen and oxygen atoms in total. The van der Waals surface area contributed by atoms with E-state index in [1.807, 2.05) is 0 Å². The number of hydrogen-bond acceptors (Lipinski definition) is 2. The number of piperidine rings is 1. The summed E-state index contributed by atoms with van der Waals surface area (Å²) in [7, 11) is 0. The van der Waals surface area contributed by atoms with Gasteiger partial charge in [-0.15, -0.1) is 0 Å². The van der Waals surface area contributed by atoms with Crippen LogP contribution in [0.3, 0.4) is 0 Å². The van der Waals surface area contributed by atoms with Crippen LogP contribution in [0.25, 0.3) is 0 Å². The van der Waals surface area contributed by atoms with Crippen molar-refractivity contribution in [2.24, 2.45) is 0 Å². The highest BCUT2D eigenvalue weighted by Crippen LogP contribution is 2.21. The molecule has 0 aromatic heterocycles. The van der Waals surface area contributed by atoms with E-state index in [0.29, 0.717) is 6.04 Å². The minimum atomic E-state index is 0.714. The Labute approximate surface area is 129 Å². The maximum atomic E-state index is 3.95. The van der Waals surface area contributed by atoms with Gasteiger partial charge in [0.15, 0.2) is 0 Å². The lowest BCUT2D eigenvalue weighted by atomic mass is 9.93. The normalized spacial score (nSPS) is 25.1. The van der Waals surface area contributed by atoms with E-state index in [0.717, 1.165) is 12.6 Å². The Morgan fingerprint density at radius 3 is 2.57 bits per heavy atom. The average Bonchev–Trinajstić information content (AvgIpc) is 2.51. The Kier molecular flexibility index (Phi) is 5.32. The molecule has 1 unspecified atom stereocenters. The molecule has 1 aliphatic carbocycles. The molecule has 3 rings (SSSR count). The monoisotopic (exact) mass is 286 g/mol. The molecule has 116 valence electrons. The van der Waals surface area contributed by atoms with E-state index in [1.165, 1.54) is 69.2 Å². The van der Waals surface area contributed by atoms with Crippen molar-refractivity contribution in [3.63, 3.8) is 0 Å². The summed E-state index contributed by atoms with van der Waals surface area (Å²) in [5.41, 5.74) is 2.93. The Morgan fingerprint density at radius 2 is 1.76 bits per heavy atom. The fourth-order valence-electron chi connectivity index (χ4n) is 3.97. The van der Waals surface area contributed by atoms with E-state index in [4.69, 9.17) is 0 Å². The molecule has 1 aromatic carbocycles. The molecule has 2 aliphatic rings. The minimum Gasteiger partial charge on any atom is -0.310 e. The highest BCUT2D eigenvalue weighted by atomic mass is 15.2. The molecule has 2 fully saturated rings. The molecule has 0 amide bonds. The number of nitrogens with zero attached hydrogens (tertiary/aromatic N) is 1. The summed E-state index contributed by atoms with van der Waals surface area (Å²) in [4.78, 5) is 2.65. The van der Waals surface area contributed by atoms with Crippen molar-refractivity contribution in [3.8, 4) is 0 Å². The number of likely N-dealkylation sites (tertiary alicyclic amines) is 1. The number of aryl methyl sites for hydroxylation is 1. The summed E-state index contributed by atoms with van der Waals surface area (Å²) in [6.45, 7) is 5.84. The topological polar surface area (TPSA) is 15.3 Å². The molecule has 1 heterocycles. The standard InChI is InChI=1S/C19H30N2/c1-16-8-5-6-9-17(16)14-21-13-7-12-19(15-21)20-18-10-3-2-4-11-18/h5-6,8-9,18-20H,2-4,7,10-15H2,1H3. The zero-order valence-electron chi connectivity index (χ0n) is 13.5. The quantitative estimate of drug-likeness (QED) is 0.903. The number of nitrogens with one attached hydrogen (secondary N) is 1. The van der Waals surface area contributed by atoms with Crippen molar-refractivity contribution in [1.29, 1.82) is 0 Å². The van der Waals surface area contributed by atoms with E-state index in [-0.39, 0.29) is 0 Å². The van der Waals surface area contributed by atoms with Crippen molar-refractivity contribution < 1.29 is 0 Å². The van der Waals surface area contributed by atoms with E-state index in [2.05, 4.69) is 41.4 Å². The van der Waals surface area contributed by atoms with Crippen molar-refractivity contribution >= 4 is 0 Å². The summed E-state index contributed by atoms with van der Waals surface area (Å²) in [5, 5.41) is 3.95. The highest BCUT2D eigenvalue weighted by Gasteiger charge is 2.23. The van der Waals surface area contributed by atoms with Gasteiger partial charge in [0.1, 0.15) is 0 Å². The van der Waals surface area contributed by atoms with Crippen LogP contribution in [0.4, 0.5) is 0 Å². The molecule has 1 aromatic rings. The minimum absolute atomic E-state index is 0.714. The maximum absolute atomic E-state index is 3.95. The molecule has 0 radical (unpaired) electrons. The molecule has 1 atom stereocenters. The summed E-state index contributed by atoms with van der Waals surface area (Å²) in [6, 6.07) is 10.3. The zero-order chi connectivity index (χ0) is 14.5. The smallest absolute Gasteiger partial charge is 0.0237 e. The third-order valence-corrected chi connectivity index (χ3v) is 5.24. The molecular weight excluding hydrogens is 256 g/mol. The fourth-order valence-corrected chi connectivity index (χ4v) is 3.97. The van der Waals surface area contributed by atoms with Gasteiger partial charge >= 0.3 is 0 Å². The predicted molar refractivity (Wildman–Crippen MR) is 89.5 cm³/mol. The Balaban J connectivity index is 1.52.